The van der Waals surface area contributed by atoms with Crippen LogP contribution in [0.15, 0.2) is 60.8 Å². The number of fused-ring (bicyclic) bond motifs is 1. The molecule has 5 heteroatoms. The van der Waals surface area contributed by atoms with Gasteiger partial charge < -0.3 is 15.6 Å². The predicted octanol–water partition coefficient (Wildman–Crippen LogP) is 4.84. The Morgan fingerprint density at radius 3 is 2.61 bits per heavy atom. The number of aromatic amines is 1. The van der Waals surface area contributed by atoms with Crippen molar-refractivity contribution < 1.29 is 0 Å². The summed E-state index contributed by atoms with van der Waals surface area (Å²) in [5, 5.41) is 8.05. The average molecular weight is 371 g/mol. The Bertz CT molecular complexity index is 1080. The summed E-state index contributed by atoms with van der Waals surface area (Å²) in [7, 11) is 0. The van der Waals surface area contributed by atoms with Gasteiger partial charge in [-0.15, -0.1) is 0 Å². The molecular formula is C23H25N5. The van der Waals surface area contributed by atoms with E-state index < -0.39 is 0 Å². The molecule has 0 amide bonds. The molecule has 0 radical (unpaired) electrons. The van der Waals surface area contributed by atoms with Crippen LogP contribution >= 0.6 is 0 Å². The molecule has 0 saturated carbocycles. The van der Waals surface area contributed by atoms with Crippen molar-refractivity contribution in [3.05, 3.63) is 83.2 Å². The van der Waals surface area contributed by atoms with Crippen LogP contribution < -0.4 is 10.6 Å². The maximum absolute atomic E-state index is 4.62. The molecular weight excluding hydrogens is 346 g/mol. The highest BCUT2D eigenvalue weighted by Gasteiger charge is 2.05. The summed E-state index contributed by atoms with van der Waals surface area (Å²) in [5.41, 5.74) is 5.96. The number of nitrogens with one attached hydrogen (secondary N) is 3. The van der Waals surface area contributed by atoms with E-state index in [0.29, 0.717) is 5.95 Å². The number of aryl methyl sites for hydroxylation is 2. The third-order valence-electron chi connectivity index (χ3n) is 4.93. The summed E-state index contributed by atoms with van der Waals surface area (Å²) >= 11 is 0. The van der Waals surface area contributed by atoms with E-state index in [9.17, 15) is 0 Å². The van der Waals surface area contributed by atoms with Gasteiger partial charge in [0.1, 0.15) is 5.82 Å². The van der Waals surface area contributed by atoms with Crippen LogP contribution in [-0.4, -0.2) is 21.5 Å². The maximum Gasteiger partial charge on any atom is 0.224 e. The topological polar surface area (TPSA) is 65.6 Å². The van der Waals surface area contributed by atoms with Gasteiger partial charge in [0.25, 0.3) is 0 Å². The second-order valence-corrected chi connectivity index (χ2v) is 7.03. The van der Waals surface area contributed by atoms with E-state index in [1.165, 1.54) is 27.6 Å². The van der Waals surface area contributed by atoms with Gasteiger partial charge in [-0.3, -0.25) is 0 Å². The van der Waals surface area contributed by atoms with Crippen molar-refractivity contribution in [3.8, 4) is 0 Å². The third-order valence-corrected chi connectivity index (χ3v) is 4.93. The van der Waals surface area contributed by atoms with Crippen LogP contribution in [0.5, 0.6) is 0 Å². The molecule has 2 aromatic heterocycles. The average Bonchev–Trinajstić information content (AvgIpc) is 3.10. The fourth-order valence-electron chi connectivity index (χ4n) is 3.38. The van der Waals surface area contributed by atoms with Gasteiger partial charge in [-0.1, -0.05) is 42.5 Å². The van der Waals surface area contributed by atoms with E-state index in [1.807, 2.05) is 19.1 Å². The molecule has 3 N–H and O–H groups in total. The number of hydrogen-bond donors (Lipinski definition) is 3. The first-order valence-corrected chi connectivity index (χ1v) is 9.62. The Morgan fingerprint density at radius 1 is 0.893 bits per heavy atom. The van der Waals surface area contributed by atoms with Gasteiger partial charge >= 0.3 is 0 Å². The summed E-state index contributed by atoms with van der Waals surface area (Å²) in [4.78, 5) is 12.5. The first-order valence-electron chi connectivity index (χ1n) is 9.62. The lowest BCUT2D eigenvalue weighted by Crippen LogP contribution is -2.10. The molecule has 4 rings (SSSR count). The Labute approximate surface area is 165 Å². The second kappa shape index (κ2) is 8.13. The molecule has 0 aliphatic carbocycles. The van der Waals surface area contributed by atoms with Crippen LogP contribution in [0, 0.1) is 13.8 Å². The fraction of sp³-hybridized carbons (Fsp3) is 0.217. The molecule has 0 saturated heterocycles. The molecule has 5 nitrogen and oxygen atoms in total. The quantitative estimate of drug-likeness (QED) is 0.435. The van der Waals surface area contributed by atoms with Gasteiger partial charge in [0.2, 0.25) is 5.95 Å². The molecule has 0 aliphatic heterocycles. The van der Waals surface area contributed by atoms with Crippen LogP contribution in [-0.2, 0) is 13.0 Å². The Morgan fingerprint density at radius 2 is 1.71 bits per heavy atom. The fourth-order valence-corrected chi connectivity index (χ4v) is 3.38. The predicted molar refractivity (Wildman–Crippen MR) is 116 cm³/mol. The lowest BCUT2D eigenvalue weighted by molar-refractivity contribution is 0.973. The zero-order chi connectivity index (χ0) is 19.3. The van der Waals surface area contributed by atoms with Crippen molar-refractivity contribution in [1.82, 2.24) is 15.0 Å². The number of benzene rings is 2. The van der Waals surface area contributed by atoms with Crippen molar-refractivity contribution in [2.24, 2.45) is 0 Å². The SMILES string of the molecule is Cc1cc(NCc2ccccc2C)nc(NCCc2c[nH]c3ccccc23)n1. The van der Waals surface area contributed by atoms with Gasteiger partial charge in [-0.2, -0.15) is 4.98 Å². The summed E-state index contributed by atoms with van der Waals surface area (Å²) in [5.74, 6) is 1.50. The van der Waals surface area contributed by atoms with Crippen LogP contribution in [0.25, 0.3) is 10.9 Å². The first kappa shape index (κ1) is 18.0. The molecule has 0 bridgehead atoms. The molecule has 2 aromatic carbocycles. The van der Waals surface area contributed by atoms with Crippen LogP contribution in [0.4, 0.5) is 11.8 Å². The van der Waals surface area contributed by atoms with E-state index in [4.69, 9.17) is 0 Å². The van der Waals surface area contributed by atoms with Crippen LogP contribution in [0.1, 0.15) is 22.4 Å². The number of hydrogen-bond acceptors (Lipinski definition) is 4. The Hall–Kier alpha value is -3.34. The summed E-state index contributed by atoms with van der Waals surface area (Å²) in [6.45, 7) is 5.64. The molecule has 142 valence electrons. The van der Waals surface area contributed by atoms with Gasteiger partial charge in [0.05, 0.1) is 0 Å². The van der Waals surface area contributed by atoms with Gasteiger partial charge in [-0.05, 0) is 43.0 Å². The van der Waals surface area contributed by atoms with E-state index in [-0.39, 0.29) is 0 Å². The van der Waals surface area contributed by atoms with Gasteiger partial charge in [0.15, 0.2) is 0 Å². The van der Waals surface area contributed by atoms with Crippen LogP contribution in [0.3, 0.4) is 0 Å². The second-order valence-electron chi connectivity index (χ2n) is 7.03. The van der Waals surface area contributed by atoms with Gasteiger partial charge in [-0.25, -0.2) is 4.98 Å². The number of nitrogens with zero attached hydrogens (tertiary/aromatic N) is 2. The number of para-hydroxylation sites is 1. The largest absolute Gasteiger partial charge is 0.366 e. The standard InChI is InChI=1S/C23H25N5/c1-16-7-3-4-8-18(16)14-26-22-13-17(2)27-23(28-22)24-12-11-19-15-25-21-10-6-5-9-20(19)21/h3-10,13,15,25H,11-12,14H2,1-2H3,(H2,24,26,27,28). The van der Waals surface area contributed by atoms with Crippen molar-refractivity contribution in [2.75, 3.05) is 17.2 Å². The summed E-state index contributed by atoms with van der Waals surface area (Å²) < 4.78 is 0. The number of anilines is 2. The summed E-state index contributed by atoms with van der Waals surface area (Å²) in [6, 6.07) is 18.7. The van der Waals surface area contributed by atoms with Crippen LogP contribution in [0.2, 0.25) is 0 Å². The summed E-state index contributed by atoms with van der Waals surface area (Å²) in [6.07, 6.45) is 2.99. The number of aromatic nitrogens is 3. The first-order chi connectivity index (χ1) is 13.7. The van der Waals surface area contributed by atoms with E-state index >= 15 is 0 Å². The van der Waals surface area contributed by atoms with Crippen molar-refractivity contribution in [1.29, 1.82) is 0 Å². The highest BCUT2D eigenvalue weighted by molar-refractivity contribution is 5.83. The van der Waals surface area contributed by atoms with Crippen molar-refractivity contribution >= 4 is 22.7 Å². The normalized spacial score (nSPS) is 10.9. The molecule has 0 fully saturated rings. The minimum atomic E-state index is 0.659. The third kappa shape index (κ3) is 4.14. The van der Waals surface area contributed by atoms with E-state index in [0.717, 1.165) is 31.0 Å². The highest BCUT2D eigenvalue weighted by Crippen LogP contribution is 2.18. The maximum atomic E-state index is 4.62. The van der Waals surface area contributed by atoms with E-state index in [2.05, 4.69) is 81.2 Å². The van der Waals surface area contributed by atoms with E-state index in [1.54, 1.807) is 0 Å². The van der Waals surface area contributed by atoms with Crippen molar-refractivity contribution in [3.63, 3.8) is 0 Å². The molecule has 4 aromatic rings. The molecule has 2 heterocycles. The lowest BCUT2D eigenvalue weighted by Gasteiger charge is -2.11. The Kier molecular flexibility index (Phi) is 5.24. The van der Waals surface area contributed by atoms with Gasteiger partial charge in [0, 0.05) is 41.9 Å². The number of H-pyrrole nitrogens is 1. The molecule has 0 unspecified atom stereocenters. The molecule has 28 heavy (non-hydrogen) atoms. The minimum absolute atomic E-state index is 0.659. The monoisotopic (exact) mass is 371 g/mol. The minimum Gasteiger partial charge on any atom is -0.366 e. The smallest absolute Gasteiger partial charge is 0.224 e. The van der Waals surface area contributed by atoms with Crippen molar-refractivity contribution in [2.45, 2.75) is 26.8 Å². The molecule has 0 spiro atoms. The zero-order valence-electron chi connectivity index (χ0n) is 16.3. The molecule has 0 atom stereocenters. The highest BCUT2D eigenvalue weighted by atomic mass is 15.1. The zero-order valence-corrected chi connectivity index (χ0v) is 16.3. The molecule has 0 aliphatic rings. The Balaban J connectivity index is 1.39. The number of rotatable bonds is 7. The lowest BCUT2D eigenvalue weighted by atomic mass is 10.1.